The van der Waals surface area contributed by atoms with Crippen molar-refractivity contribution in [2.45, 2.75) is 62.1 Å². The van der Waals surface area contributed by atoms with E-state index in [4.69, 9.17) is 4.74 Å². The number of carbonyl (C=O) groups excluding carboxylic acids is 3. The van der Waals surface area contributed by atoms with Gasteiger partial charge in [0.1, 0.15) is 12.1 Å². The molecule has 1 saturated carbocycles. The molecule has 4 saturated heterocycles. The molecule has 5 fully saturated rings. The van der Waals surface area contributed by atoms with Crippen LogP contribution in [-0.2, 0) is 18.9 Å². The molecule has 15 heteroatoms. The molecule has 6 atom stereocenters. The number of hydrogen-bond acceptors (Lipinski definition) is 8. The van der Waals surface area contributed by atoms with Crippen LogP contribution >= 0.6 is 18.9 Å². The van der Waals surface area contributed by atoms with Gasteiger partial charge in [-0.3, -0.25) is 23.9 Å². The van der Waals surface area contributed by atoms with Crippen LogP contribution in [0.25, 0.3) is 10.1 Å². The number of fused-ring (bicyclic) bond motifs is 3. The maximum absolute atomic E-state index is 14.3. The highest BCUT2D eigenvalue weighted by Gasteiger charge is 2.52. The molecule has 0 radical (unpaired) electrons. The summed E-state index contributed by atoms with van der Waals surface area (Å²) in [6.07, 6.45) is 7.46. The number of carbonyl (C=O) groups is 3. The Morgan fingerprint density at radius 2 is 1.84 bits per heavy atom. The van der Waals surface area contributed by atoms with Crippen molar-refractivity contribution in [3.05, 3.63) is 58.7 Å². The second-order valence-electron chi connectivity index (χ2n) is 14.1. The van der Waals surface area contributed by atoms with Gasteiger partial charge < -0.3 is 34.5 Å². The maximum atomic E-state index is 14.3. The molecule has 3 N–H and O–H groups in total. The van der Waals surface area contributed by atoms with Crippen molar-refractivity contribution in [1.82, 2.24) is 20.1 Å². The fourth-order valence-corrected chi connectivity index (χ4v) is 9.74. The van der Waals surface area contributed by atoms with Gasteiger partial charge >= 0.3 is 7.60 Å². The predicted octanol–water partition coefficient (Wildman–Crippen LogP) is 3.79. The predicted molar refractivity (Wildman–Crippen MR) is 180 cm³/mol. The van der Waals surface area contributed by atoms with Crippen LogP contribution < -0.4 is 10.2 Å². The lowest BCUT2D eigenvalue weighted by Gasteiger charge is -2.44. The van der Waals surface area contributed by atoms with Crippen molar-refractivity contribution in [2.75, 3.05) is 44.3 Å². The lowest BCUT2D eigenvalue weighted by Crippen LogP contribution is -2.59. The number of anilines is 1. The minimum atomic E-state index is -4.98. The first kappa shape index (κ1) is 32.8. The van der Waals surface area contributed by atoms with E-state index in [0.29, 0.717) is 65.9 Å². The number of rotatable bonds is 7. The molecule has 2 aromatic heterocycles. The van der Waals surface area contributed by atoms with Gasteiger partial charge in [-0.2, -0.15) is 0 Å². The molecule has 49 heavy (non-hydrogen) atoms. The van der Waals surface area contributed by atoms with E-state index >= 15 is 0 Å². The van der Waals surface area contributed by atoms with E-state index in [1.165, 1.54) is 18.2 Å². The third-order valence-electron chi connectivity index (χ3n) is 11.0. The minimum Gasteiger partial charge on any atom is -0.378 e. The lowest BCUT2D eigenvalue weighted by molar-refractivity contribution is -0.149. The van der Waals surface area contributed by atoms with Gasteiger partial charge in [0, 0.05) is 66.5 Å². The van der Waals surface area contributed by atoms with Gasteiger partial charge in [-0.15, -0.1) is 11.3 Å². The quantitative estimate of drug-likeness (QED) is 0.311. The van der Waals surface area contributed by atoms with E-state index in [2.05, 4.69) is 15.2 Å². The Bertz CT molecular complexity index is 1840. The summed E-state index contributed by atoms with van der Waals surface area (Å²) >= 11 is 1.16. The van der Waals surface area contributed by atoms with Crippen LogP contribution in [0.4, 0.5) is 10.1 Å². The van der Waals surface area contributed by atoms with Crippen molar-refractivity contribution >= 4 is 52.4 Å². The second-order valence-corrected chi connectivity index (χ2v) is 16.8. The molecular formula is C34H39FN5O7PS. The van der Waals surface area contributed by atoms with E-state index in [-0.39, 0.29) is 29.3 Å². The summed E-state index contributed by atoms with van der Waals surface area (Å²) in [5.74, 6) is -2.17. The standard InChI is InChI=1S/C34H39FN5O7PS/c35-31(48(44,45)46)19-1-4-29-22(11-19)15-30(49-29)32(41)37-26-14-21-12-20(21)13-24-2-3-28(40(24)33(26)42)34(43)39-17-23(18-39)25-16-36-6-5-27(25)38-7-9-47-10-8-38/h1,4-6,11,15-16,20-21,23-24,26,28,31H,2-3,7-10,12-14,17-18H2,(H,37,41)(H2,44,45,46)/t20-,21+,24-,26+,28+,31-/m1/s1. The van der Waals surface area contributed by atoms with E-state index in [1.54, 1.807) is 17.2 Å². The van der Waals surface area contributed by atoms with Crippen molar-refractivity contribution < 1.29 is 37.9 Å². The molecule has 5 aliphatic rings. The SMILES string of the molecule is O=C(N[C@H]1C[C@@H]2C[C@@H]2C[C@H]2CC[C@@H](C(=O)N3CC(c4cnccc4N4CCOCC4)C3)N2C1=O)c1cc2cc([C@H](F)P(=O)(O)O)ccc2s1. The number of thiophene rings is 1. The highest BCUT2D eigenvalue weighted by atomic mass is 32.1. The fraction of sp³-hybridized carbons (Fsp3) is 0.529. The van der Waals surface area contributed by atoms with E-state index in [1.807, 2.05) is 17.2 Å². The summed E-state index contributed by atoms with van der Waals surface area (Å²) in [6.45, 7) is 4.13. The number of ether oxygens (including phenoxy) is 1. The summed E-state index contributed by atoms with van der Waals surface area (Å²) in [5.41, 5.74) is 2.11. The summed E-state index contributed by atoms with van der Waals surface area (Å²) in [7, 11) is -4.98. The Morgan fingerprint density at radius 3 is 2.61 bits per heavy atom. The number of aromatic nitrogens is 1. The highest BCUT2D eigenvalue weighted by molar-refractivity contribution is 7.51. The average Bonchev–Trinajstić information content (AvgIpc) is 3.43. The number of nitrogens with zero attached hydrogens (tertiary/aromatic N) is 4. The van der Waals surface area contributed by atoms with Gasteiger partial charge in [0.2, 0.25) is 17.7 Å². The first-order valence-electron chi connectivity index (χ1n) is 17.0. The van der Waals surface area contributed by atoms with Gasteiger partial charge in [0.25, 0.3) is 5.91 Å². The molecule has 1 aromatic carbocycles. The van der Waals surface area contributed by atoms with Gasteiger partial charge in [-0.1, -0.05) is 6.07 Å². The normalized spacial score (nSPS) is 27.9. The molecule has 1 aliphatic carbocycles. The van der Waals surface area contributed by atoms with Crippen LogP contribution in [0.1, 0.15) is 64.7 Å². The first-order valence-corrected chi connectivity index (χ1v) is 19.5. The zero-order chi connectivity index (χ0) is 34.0. The van der Waals surface area contributed by atoms with Crippen molar-refractivity contribution in [2.24, 2.45) is 11.8 Å². The van der Waals surface area contributed by atoms with Gasteiger partial charge in [-0.05, 0) is 79.2 Å². The summed E-state index contributed by atoms with van der Waals surface area (Å²) < 4.78 is 32.0. The van der Waals surface area contributed by atoms with Crippen LogP contribution in [0.15, 0.2) is 42.7 Å². The van der Waals surface area contributed by atoms with Crippen LogP contribution in [0.5, 0.6) is 0 Å². The number of likely N-dealkylation sites (tertiary alicyclic amines) is 1. The van der Waals surface area contributed by atoms with Crippen molar-refractivity contribution in [3.8, 4) is 0 Å². The van der Waals surface area contributed by atoms with Crippen LogP contribution in [0.3, 0.4) is 0 Å². The van der Waals surface area contributed by atoms with Crippen molar-refractivity contribution in [1.29, 1.82) is 0 Å². The van der Waals surface area contributed by atoms with Gasteiger partial charge in [-0.25, -0.2) is 4.39 Å². The monoisotopic (exact) mass is 711 g/mol. The molecule has 3 aromatic rings. The van der Waals surface area contributed by atoms with Crippen LogP contribution in [0, 0.1) is 11.8 Å². The number of amides is 3. The second kappa shape index (κ2) is 12.7. The number of hydrogen-bond donors (Lipinski definition) is 3. The summed E-state index contributed by atoms with van der Waals surface area (Å²) in [4.78, 5) is 71.0. The average molecular weight is 712 g/mol. The zero-order valence-corrected chi connectivity index (χ0v) is 28.5. The summed E-state index contributed by atoms with van der Waals surface area (Å²) in [5, 5.41) is 3.45. The number of pyridine rings is 1. The molecule has 8 rings (SSSR count). The Balaban J connectivity index is 0.964. The zero-order valence-electron chi connectivity index (χ0n) is 26.8. The van der Waals surface area contributed by atoms with Crippen LogP contribution in [0.2, 0.25) is 0 Å². The molecule has 4 aliphatic heterocycles. The molecule has 260 valence electrons. The number of morpholine rings is 1. The third-order valence-corrected chi connectivity index (χ3v) is 13.0. The topological polar surface area (TPSA) is 153 Å². The molecule has 6 heterocycles. The number of nitrogens with one attached hydrogen (secondary N) is 1. The molecule has 0 unspecified atom stereocenters. The smallest absolute Gasteiger partial charge is 0.363 e. The molecule has 3 amide bonds. The number of alkyl halides is 1. The Morgan fingerprint density at radius 1 is 1.06 bits per heavy atom. The molecule has 12 nitrogen and oxygen atoms in total. The Kier molecular flexibility index (Phi) is 8.51. The lowest BCUT2D eigenvalue weighted by atomic mass is 9.90. The minimum absolute atomic E-state index is 0.0371. The van der Waals surface area contributed by atoms with E-state index in [9.17, 15) is 33.1 Å². The number of benzene rings is 1. The van der Waals surface area contributed by atoms with Crippen molar-refractivity contribution in [3.63, 3.8) is 0 Å². The number of halogens is 1. The first-order chi connectivity index (χ1) is 23.5. The largest absolute Gasteiger partial charge is 0.378 e. The van der Waals surface area contributed by atoms with E-state index in [0.717, 1.165) is 54.9 Å². The van der Waals surface area contributed by atoms with Crippen LogP contribution in [-0.4, -0.2) is 99.8 Å². The fourth-order valence-electron chi connectivity index (χ4n) is 8.25. The highest BCUT2D eigenvalue weighted by Crippen LogP contribution is 2.53. The molecular weight excluding hydrogens is 672 g/mol. The molecule has 0 bridgehead atoms. The molecule has 0 spiro atoms. The maximum Gasteiger partial charge on any atom is 0.363 e. The third kappa shape index (κ3) is 6.27. The van der Waals surface area contributed by atoms with Gasteiger partial charge in [0.15, 0.2) is 0 Å². The van der Waals surface area contributed by atoms with E-state index < -0.39 is 31.5 Å². The summed E-state index contributed by atoms with van der Waals surface area (Å²) in [6, 6.07) is 6.39. The van der Waals surface area contributed by atoms with Gasteiger partial charge in [0.05, 0.1) is 18.1 Å². The Hall–Kier alpha value is -3.42. The Labute approximate surface area is 286 Å².